The highest BCUT2D eigenvalue weighted by Gasteiger charge is 2.22. The number of hydrogen-bond donors (Lipinski definition) is 1. The van der Waals surface area contributed by atoms with E-state index in [0.29, 0.717) is 17.7 Å². The quantitative estimate of drug-likeness (QED) is 0.826. The van der Waals surface area contributed by atoms with Crippen molar-refractivity contribution in [3.05, 3.63) is 70.3 Å². The van der Waals surface area contributed by atoms with E-state index in [-0.39, 0.29) is 5.56 Å². The summed E-state index contributed by atoms with van der Waals surface area (Å²) in [5, 5.41) is 9.98. The summed E-state index contributed by atoms with van der Waals surface area (Å²) >= 11 is 0. The minimum atomic E-state index is -1.70. The first-order chi connectivity index (χ1) is 8.90. The summed E-state index contributed by atoms with van der Waals surface area (Å²) in [5.41, 5.74) is -0.198. The Morgan fingerprint density at radius 3 is 2.05 bits per heavy atom. The average molecular weight is 270 g/mol. The molecular formula is C14H10F4O. The molecule has 0 heterocycles. The minimum Gasteiger partial charge on any atom is -0.383 e. The number of halogens is 4. The molecule has 2 aromatic carbocycles. The Hall–Kier alpha value is -1.88. The van der Waals surface area contributed by atoms with Gasteiger partial charge in [-0.05, 0) is 30.2 Å². The van der Waals surface area contributed by atoms with Gasteiger partial charge >= 0.3 is 0 Å². The summed E-state index contributed by atoms with van der Waals surface area (Å²) in [6.45, 7) is 1.57. The minimum absolute atomic E-state index is 0.0319. The molecule has 5 heteroatoms. The second-order valence-electron chi connectivity index (χ2n) is 4.19. The van der Waals surface area contributed by atoms with E-state index in [0.717, 1.165) is 6.07 Å². The molecule has 0 saturated carbocycles. The van der Waals surface area contributed by atoms with Gasteiger partial charge in [0.05, 0.1) is 5.56 Å². The molecular weight excluding hydrogens is 260 g/mol. The topological polar surface area (TPSA) is 20.2 Å². The molecule has 100 valence electrons. The van der Waals surface area contributed by atoms with Crippen molar-refractivity contribution in [2.24, 2.45) is 0 Å². The first kappa shape index (κ1) is 13.5. The fourth-order valence-corrected chi connectivity index (χ4v) is 1.88. The van der Waals surface area contributed by atoms with Crippen molar-refractivity contribution in [1.82, 2.24) is 0 Å². The third-order valence-corrected chi connectivity index (χ3v) is 2.85. The summed E-state index contributed by atoms with van der Waals surface area (Å²) in [7, 11) is 0. The first-order valence-electron chi connectivity index (χ1n) is 5.48. The van der Waals surface area contributed by atoms with E-state index < -0.39 is 34.9 Å². The molecule has 0 saturated heterocycles. The fourth-order valence-electron chi connectivity index (χ4n) is 1.88. The molecule has 2 aromatic rings. The number of benzene rings is 2. The molecule has 0 bridgehead atoms. The lowest BCUT2D eigenvalue weighted by Crippen LogP contribution is -2.08. The zero-order chi connectivity index (χ0) is 14.2. The Labute approximate surface area is 107 Å². The first-order valence-corrected chi connectivity index (χ1v) is 5.48. The van der Waals surface area contributed by atoms with Gasteiger partial charge in [0, 0.05) is 12.1 Å². The van der Waals surface area contributed by atoms with Gasteiger partial charge in [0.1, 0.15) is 29.4 Å². The van der Waals surface area contributed by atoms with Crippen LogP contribution in [0.1, 0.15) is 22.8 Å². The highest BCUT2D eigenvalue weighted by molar-refractivity contribution is 5.37. The van der Waals surface area contributed by atoms with Crippen molar-refractivity contribution in [1.29, 1.82) is 0 Å². The van der Waals surface area contributed by atoms with Gasteiger partial charge in [0.25, 0.3) is 0 Å². The Morgan fingerprint density at radius 2 is 1.47 bits per heavy atom. The van der Waals surface area contributed by atoms with Crippen LogP contribution in [0, 0.1) is 30.2 Å². The van der Waals surface area contributed by atoms with Crippen LogP contribution in [0.5, 0.6) is 0 Å². The van der Waals surface area contributed by atoms with Gasteiger partial charge in [-0.2, -0.15) is 0 Å². The molecule has 0 amide bonds. The van der Waals surface area contributed by atoms with Crippen LogP contribution in [-0.2, 0) is 0 Å². The van der Waals surface area contributed by atoms with E-state index in [1.165, 1.54) is 12.1 Å². The van der Waals surface area contributed by atoms with Crippen LogP contribution in [0.25, 0.3) is 0 Å². The molecule has 0 fully saturated rings. The van der Waals surface area contributed by atoms with Crippen LogP contribution in [0.4, 0.5) is 17.6 Å². The van der Waals surface area contributed by atoms with E-state index in [1.807, 2.05) is 0 Å². The number of aryl methyl sites for hydroxylation is 1. The smallest absolute Gasteiger partial charge is 0.135 e. The molecule has 0 aliphatic rings. The predicted molar refractivity (Wildman–Crippen MR) is 61.5 cm³/mol. The number of hydrogen-bond acceptors (Lipinski definition) is 1. The lowest BCUT2D eigenvalue weighted by molar-refractivity contribution is 0.207. The van der Waals surface area contributed by atoms with E-state index in [4.69, 9.17) is 0 Å². The molecule has 0 aliphatic carbocycles. The Bertz CT molecular complexity index is 602. The van der Waals surface area contributed by atoms with Crippen LogP contribution < -0.4 is 0 Å². The second kappa shape index (κ2) is 5.01. The van der Waals surface area contributed by atoms with Crippen LogP contribution in [0.3, 0.4) is 0 Å². The fraction of sp³-hybridized carbons (Fsp3) is 0.143. The zero-order valence-corrected chi connectivity index (χ0v) is 9.92. The molecule has 0 spiro atoms. The summed E-state index contributed by atoms with van der Waals surface area (Å²) in [5.74, 6) is -4.15. The molecule has 19 heavy (non-hydrogen) atoms. The van der Waals surface area contributed by atoms with Gasteiger partial charge in [-0.25, -0.2) is 17.6 Å². The average Bonchev–Trinajstić information content (AvgIpc) is 2.30. The van der Waals surface area contributed by atoms with Gasteiger partial charge in [-0.15, -0.1) is 0 Å². The lowest BCUT2D eigenvalue weighted by Gasteiger charge is -2.16. The van der Waals surface area contributed by atoms with E-state index in [2.05, 4.69) is 0 Å². The monoisotopic (exact) mass is 270 g/mol. The zero-order valence-electron chi connectivity index (χ0n) is 9.92. The number of rotatable bonds is 2. The van der Waals surface area contributed by atoms with Crippen molar-refractivity contribution in [3.8, 4) is 0 Å². The summed E-state index contributed by atoms with van der Waals surface area (Å²) in [4.78, 5) is 0. The second-order valence-corrected chi connectivity index (χ2v) is 4.19. The van der Waals surface area contributed by atoms with Crippen LogP contribution in [-0.4, -0.2) is 5.11 Å². The third-order valence-electron chi connectivity index (χ3n) is 2.85. The molecule has 0 radical (unpaired) electrons. The van der Waals surface area contributed by atoms with Gasteiger partial charge in [-0.3, -0.25) is 0 Å². The Kier molecular flexibility index (Phi) is 3.57. The molecule has 0 aliphatic heterocycles. The maximum Gasteiger partial charge on any atom is 0.135 e. The van der Waals surface area contributed by atoms with Crippen molar-refractivity contribution in [2.45, 2.75) is 13.0 Å². The van der Waals surface area contributed by atoms with E-state index in [1.54, 1.807) is 6.92 Å². The molecule has 0 aromatic heterocycles. The SMILES string of the molecule is Cc1ccc(F)cc1C(O)c1c(F)cc(F)cc1F. The predicted octanol–water partition coefficient (Wildman–Crippen LogP) is 3.63. The van der Waals surface area contributed by atoms with Gasteiger partial charge in [0.2, 0.25) is 0 Å². The van der Waals surface area contributed by atoms with Gasteiger partial charge in [0.15, 0.2) is 0 Å². The molecule has 2 rings (SSSR count). The maximum atomic E-state index is 13.5. The van der Waals surface area contributed by atoms with Crippen molar-refractivity contribution in [2.75, 3.05) is 0 Å². The Morgan fingerprint density at radius 1 is 0.895 bits per heavy atom. The lowest BCUT2D eigenvalue weighted by atomic mass is 9.96. The van der Waals surface area contributed by atoms with Crippen LogP contribution in [0.15, 0.2) is 30.3 Å². The number of aliphatic hydroxyl groups excluding tert-OH is 1. The third kappa shape index (κ3) is 2.61. The highest BCUT2D eigenvalue weighted by atomic mass is 19.1. The standard InChI is InChI=1S/C14H10F4O/c1-7-2-3-8(15)4-10(7)14(19)13-11(17)5-9(16)6-12(13)18/h2-6,14,19H,1H3. The van der Waals surface area contributed by atoms with Crippen molar-refractivity contribution in [3.63, 3.8) is 0 Å². The summed E-state index contributed by atoms with van der Waals surface area (Å²) in [6.07, 6.45) is -1.70. The molecule has 1 unspecified atom stereocenters. The van der Waals surface area contributed by atoms with Crippen molar-refractivity contribution < 1.29 is 22.7 Å². The normalized spacial score (nSPS) is 12.5. The molecule has 1 atom stereocenters. The molecule has 1 N–H and O–H groups in total. The maximum absolute atomic E-state index is 13.5. The summed E-state index contributed by atoms with van der Waals surface area (Å²) < 4.78 is 53.0. The largest absolute Gasteiger partial charge is 0.383 e. The van der Waals surface area contributed by atoms with Crippen molar-refractivity contribution >= 4 is 0 Å². The van der Waals surface area contributed by atoms with E-state index >= 15 is 0 Å². The Balaban J connectivity index is 2.56. The number of aliphatic hydroxyl groups is 1. The van der Waals surface area contributed by atoms with Crippen LogP contribution >= 0.6 is 0 Å². The highest BCUT2D eigenvalue weighted by Crippen LogP contribution is 2.29. The summed E-state index contributed by atoms with van der Waals surface area (Å²) in [6, 6.07) is 4.48. The van der Waals surface area contributed by atoms with Gasteiger partial charge < -0.3 is 5.11 Å². The molecule has 1 nitrogen and oxygen atoms in total. The van der Waals surface area contributed by atoms with Gasteiger partial charge in [-0.1, -0.05) is 6.07 Å². The van der Waals surface area contributed by atoms with Crippen LogP contribution in [0.2, 0.25) is 0 Å². The van der Waals surface area contributed by atoms with E-state index in [9.17, 15) is 22.7 Å².